The fourth-order valence-electron chi connectivity index (χ4n) is 4.09. The van der Waals surface area contributed by atoms with E-state index in [9.17, 15) is 4.79 Å². The second-order valence-corrected chi connectivity index (χ2v) is 7.35. The zero-order chi connectivity index (χ0) is 16.3. The number of ether oxygens (including phenoxy) is 1. The molecular weight excluding hydrogens is 324 g/mol. The standard InChI is InChI=1S/C19H28N2O2.ClH/c1-18(16-6-3-2-4-7-16)8-5-11-21(15-18)17(22)19(14-20)9-12-23-13-10-19;/h2-4,6-7H,5,8-15,20H2,1H3;1H. The van der Waals surface area contributed by atoms with Gasteiger partial charge in [-0.05, 0) is 31.2 Å². The number of benzene rings is 1. The highest BCUT2D eigenvalue weighted by Crippen LogP contribution is 2.37. The lowest BCUT2D eigenvalue weighted by Gasteiger charge is -2.45. The Morgan fingerprint density at radius 1 is 1.21 bits per heavy atom. The predicted molar refractivity (Wildman–Crippen MR) is 98.4 cm³/mol. The number of likely N-dealkylation sites (tertiary alicyclic amines) is 1. The number of amides is 1. The van der Waals surface area contributed by atoms with Crippen molar-refractivity contribution in [2.24, 2.45) is 11.1 Å². The molecule has 2 saturated heterocycles. The first-order valence-corrected chi connectivity index (χ1v) is 8.72. The van der Waals surface area contributed by atoms with E-state index >= 15 is 0 Å². The Balaban J connectivity index is 0.00000208. The van der Waals surface area contributed by atoms with E-state index in [-0.39, 0.29) is 23.7 Å². The van der Waals surface area contributed by atoms with Crippen molar-refractivity contribution in [2.75, 3.05) is 32.8 Å². The van der Waals surface area contributed by atoms with Crippen molar-refractivity contribution in [3.8, 4) is 0 Å². The molecule has 0 aliphatic carbocycles. The number of carbonyl (C=O) groups excluding carboxylic acids is 1. The molecule has 1 unspecified atom stereocenters. The van der Waals surface area contributed by atoms with Crippen LogP contribution in [-0.2, 0) is 14.9 Å². The molecule has 2 aliphatic rings. The van der Waals surface area contributed by atoms with Crippen molar-refractivity contribution in [1.29, 1.82) is 0 Å². The number of hydrogen-bond donors (Lipinski definition) is 1. The maximum absolute atomic E-state index is 13.2. The van der Waals surface area contributed by atoms with Gasteiger partial charge in [0.2, 0.25) is 5.91 Å². The summed E-state index contributed by atoms with van der Waals surface area (Å²) < 4.78 is 5.45. The Hall–Kier alpha value is -1.10. The van der Waals surface area contributed by atoms with Gasteiger partial charge in [0.25, 0.3) is 0 Å². The van der Waals surface area contributed by atoms with Crippen molar-refractivity contribution >= 4 is 18.3 Å². The molecule has 3 rings (SSSR count). The van der Waals surface area contributed by atoms with Crippen LogP contribution in [0.3, 0.4) is 0 Å². The topological polar surface area (TPSA) is 55.6 Å². The number of hydrogen-bond acceptors (Lipinski definition) is 3. The number of carbonyl (C=O) groups is 1. The molecular formula is C19H29ClN2O2. The monoisotopic (exact) mass is 352 g/mol. The Bertz CT molecular complexity index is 546. The van der Waals surface area contributed by atoms with Crippen LogP contribution in [0.5, 0.6) is 0 Å². The highest BCUT2D eigenvalue weighted by Gasteiger charge is 2.44. The van der Waals surface area contributed by atoms with Gasteiger partial charge < -0.3 is 15.4 Å². The number of halogens is 1. The molecule has 2 heterocycles. The summed E-state index contributed by atoms with van der Waals surface area (Å²) in [6.07, 6.45) is 3.68. The molecule has 1 atom stereocenters. The van der Waals surface area contributed by atoms with Gasteiger partial charge in [-0.3, -0.25) is 4.79 Å². The largest absolute Gasteiger partial charge is 0.381 e. The summed E-state index contributed by atoms with van der Waals surface area (Å²) in [6.45, 7) is 5.64. The number of nitrogens with two attached hydrogens (primary N) is 1. The van der Waals surface area contributed by atoms with Crippen LogP contribution in [0, 0.1) is 5.41 Å². The van der Waals surface area contributed by atoms with Crippen LogP contribution in [0.2, 0.25) is 0 Å². The van der Waals surface area contributed by atoms with Crippen molar-refractivity contribution in [3.05, 3.63) is 35.9 Å². The number of rotatable bonds is 3. The summed E-state index contributed by atoms with van der Waals surface area (Å²) in [5.41, 5.74) is 6.98. The third-order valence-electron chi connectivity index (χ3n) is 5.75. The molecule has 0 bridgehead atoms. The quantitative estimate of drug-likeness (QED) is 0.910. The first kappa shape index (κ1) is 19.2. The molecule has 5 heteroatoms. The minimum atomic E-state index is -0.410. The summed E-state index contributed by atoms with van der Waals surface area (Å²) in [6, 6.07) is 10.6. The minimum absolute atomic E-state index is 0. The minimum Gasteiger partial charge on any atom is -0.381 e. The van der Waals surface area contributed by atoms with Crippen LogP contribution in [0.1, 0.15) is 38.2 Å². The lowest BCUT2D eigenvalue weighted by atomic mass is 9.73. The third-order valence-corrected chi connectivity index (χ3v) is 5.75. The Kier molecular flexibility index (Phi) is 6.29. The third kappa shape index (κ3) is 3.61. The van der Waals surface area contributed by atoms with Crippen LogP contribution in [-0.4, -0.2) is 43.7 Å². The van der Waals surface area contributed by atoms with Crippen LogP contribution >= 0.6 is 12.4 Å². The van der Waals surface area contributed by atoms with E-state index in [1.165, 1.54) is 5.56 Å². The molecule has 2 N–H and O–H groups in total. The molecule has 0 aromatic heterocycles. The second kappa shape index (κ2) is 7.85. The van der Waals surface area contributed by atoms with Gasteiger partial charge in [0.05, 0.1) is 5.41 Å². The van der Waals surface area contributed by atoms with Crippen molar-refractivity contribution in [3.63, 3.8) is 0 Å². The molecule has 0 spiro atoms. The zero-order valence-electron chi connectivity index (χ0n) is 14.5. The van der Waals surface area contributed by atoms with Gasteiger partial charge >= 0.3 is 0 Å². The molecule has 2 fully saturated rings. The molecule has 24 heavy (non-hydrogen) atoms. The van der Waals surface area contributed by atoms with Crippen LogP contribution in [0.15, 0.2) is 30.3 Å². The molecule has 4 nitrogen and oxygen atoms in total. The lowest BCUT2D eigenvalue weighted by molar-refractivity contribution is -0.149. The summed E-state index contributed by atoms with van der Waals surface area (Å²) >= 11 is 0. The SMILES string of the molecule is CC1(c2ccccc2)CCCN(C(=O)C2(CN)CCOCC2)C1.Cl. The average molecular weight is 353 g/mol. The Labute approximate surface area is 151 Å². The van der Waals surface area contributed by atoms with E-state index in [2.05, 4.69) is 36.1 Å². The van der Waals surface area contributed by atoms with Crippen LogP contribution in [0.25, 0.3) is 0 Å². The van der Waals surface area contributed by atoms with E-state index in [1.807, 2.05) is 6.07 Å². The first-order valence-electron chi connectivity index (χ1n) is 8.72. The van der Waals surface area contributed by atoms with Crippen LogP contribution < -0.4 is 5.73 Å². The molecule has 0 saturated carbocycles. The van der Waals surface area contributed by atoms with Gasteiger partial charge in [-0.15, -0.1) is 12.4 Å². The molecule has 0 radical (unpaired) electrons. The highest BCUT2D eigenvalue weighted by atomic mass is 35.5. The second-order valence-electron chi connectivity index (χ2n) is 7.35. The van der Waals surface area contributed by atoms with E-state index in [0.717, 1.165) is 38.8 Å². The maximum Gasteiger partial charge on any atom is 0.230 e. The number of piperidine rings is 1. The average Bonchev–Trinajstić information content (AvgIpc) is 2.62. The fourth-order valence-corrected chi connectivity index (χ4v) is 4.09. The Morgan fingerprint density at radius 2 is 1.88 bits per heavy atom. The van der Waals surface area contributed by atoms with Crippen molar-refractivity contribution in [2.45, 2.75) is 38.0 Å². The van der Waals surface area contributed by atoms with E-state index in [4.69, 9.17) is 10.5 Å². The van der Waals surface area contributed by atoms with Crippen LogP contribution in [0.4, 0.5) is 0 Å². The fraction of sp³-hybridized carbons (Fsp3) is 0.632. The van der Waals surface area contributed by atoms with Gasteiger partial charge in [-0.2, -0.15) is 0 Å². The van der Waals surface area contributed by atoms with Crippen molar-refractivity contribution < 1.29 is 9.53 Å². The molecule has 1 aromatic rings. The molecule has 134 valence electrons. The van der Waals surface area contributed by atoms with E-state index < -0.39 is 5.41 Å². The highest BCUT2D eigenvalue weighted by molar-refractivity contribution is 5.85. The smallest absolute Gasteiger partial charge is 0.230 e. The zero-order valence-corrected chi connectivity index (χ0v) is 15.3. The van der Waals surface area contributed by atoms with Crippen molar-refractivity contribution in [1.82, 2.24) is 4.90 Å². The summed E-state index contributed by atoms with van der Waals surface area (Å²) in [4.78, 5) is 15.3. The maximum atomic E-state index is 13.2. The normalized spacial score (nSPS) is 26.5. The molecule has 2 aliphatic heterocycles. The van der Waals surface area contributed by atoms with Gasteiger partial charge in [-0.1, -0.05) is 37.3 Å². The van der Waals surface area contributed by atoms with E-state index in [1.54, 1.807) is 0 Å². The first-order chi connectivity index (χ1) is 11.1. The molecule has 1 aromatic carbocycles. The lowest BCUT2D eigenvalue weighted by Crippen LogP contribution is -2.55. The Morgan fingerprint density at radius 3 is 2.50 bits per heavy atom. The summed E-state index contributed by atoms with van der Waals surface area (Å²) in [5.74, 6) is 0.241. The molecule has 1 amide bonds. The predicted octanol–water partition coefficient (Wildman–Crippen LogP) is 2.74. The van der Waals surface area contributed by atoms with Gasteiger partial charge in [0, 0.05) is 38.3 Å². The summed E-state index contributed by atoms with van der Waals surface area (Å²) in [7, 11) is 0. The van der Waals surface area contributed by atoms with Gasteiger partial charge in [0.15, 0.2) is 0 Å². The summed E-state index contributed by atoms with van der Waals surface area (Å²) in [5, 5.41) is 0. The number of nitrogens with zero attached hydrogens (tertiary/aromatic N) is 1. The van der Waals surface area contributed by atoms with Gasteiger partial charge in [-0.25, -0.2) is 0 Å². The van der Waals surface area contributed by atoms with Gasteiger partial charge in [0.1, 0.15) is 0 Å². The van der Waals surface area contributed by atoms with E-state index in [0.29, 0.717) is 19.8 Å².